The fourth-order valence-corrected chi connectivity index (χ4v) is 2.96. The molecule has 24 heavy (non-hydrogen) atoms. The summed E-state index contributed by atoms with van der Waals surface area (Å²) in [5, 5.41) is 11.9. The van der Waals surface area contributed by atoms with Crippen LogP contribution in [0.2, 0.25) is 0 Å². The first kappa shape index (κ1) is 14.1. The zero-order valence-electron chi connectivity index (χ0n) is 12.5. The minimum absolute atomic E-state index is 0.0689. The number of carbonyl (C=O) groups excluding carboxylic acids is 1. The van der Waals surface area contributed by atoms with Gasteiger partial charge in [0.05, 0.1) is 27.4 Å². The maximum atomic E-state index is 12.8. The highest BCUT2D eigenvalue weighted by atomic mass is 16.6. The van der Waals surface area contributed by atoms with E-state index in [1.54, 1.807) is 12.3 Å². The third-order valence-corrected chi connectivity index (χ3v) is 4.08. The average molecular weight is 317 g/mol. The molecule has 0 unspecified atom stereocenters. The number of fused-ring (bicyclic) bond motifs is 2. The van der Waals surface area contributed by atoms with E-state index in [2.05, 4.69) is 11.6 Å². The summed E-state index contributed by atoms with van der Waals surface area (Å²) < 4.78 is 0. The predicted molar refractivity (Wildman–Crippen MR) is 90.7 cm³/mol. The van der Waals surface area contributed by atoms with Crippen LogP contribution in [0.25, 0.3) is 16.6 Å². The highest BCUT2D eigenvalue weighted by Gasteiger charge is 2.34. The number of nitro benzene ring substituents is 1. The summed E-state index contributed by atoms with van der Waals surface area (Å²) in [6, 6.07) is 13.5. The first-order valence-electron chi connectivity index (χ1n) is 7.24. The van der Waals surface area contributed by atoms with Gasteiger partial charge in [-0.3, -0.25) is 24.8 Å². The van der Waals surface area contributed by atoms with E-state index in [9.17, 15) is 14.9 Å². The van der Waals surface area contributed by atoms with Gasteiger partial charge < -0.3 is 0 Å². The molecule has 3 aromatic rings. The number of carbonyl (C=O) groups is 1. The lowest BCUT2D eigenvalue weighted by Crippen LogP contribution is -2.22. The number of pyridine rings is 1. The molecule has 116 valence electrons. The summed E-state index contributed by atoms with van der Waals surface area (Å²) >= 11 is 0. The number of non-ortho nitro benzene ring substituents is 1. The Balaban J connectivity index is 1.90. The van der Waals surface area contributed by atoms with Gasteiger partial charge in [-0.25, -0.2) is 0 Å². The summed E-state index contributed by atoms with van der Waals surface area (Å²) in [5.41, 5.74) is 2.51. The lowest BCUT2D eigenvalue weighted by molar-refractivity contribution is -0.384. The van der Waals surface area contributed by atoms with Crippen LogP contribution in [0.4, 0.5) is 11.4 Å². The molecule has 0 radical (unpaired) electrons. The topological polar surface area (TPSA) is 76.3 Å². The van der Waals surface area contributed by atoms with Gasteiger partial charge in [0.2, 0.25) is 0 Å². The number of benzene rings is 2. The van der Waals surface area contributed by atoms with Crippen molar-refractivity contribution in [3.8, 4) is 0 Å². The van der Waals surface area contributed by atoms with E-state index in [1.807, 2.05) is 24.3 Å². The van der Waals surface area contributed by atoms with Crippen molar-refractivity contribution in [2.45, 2.75) is 0 Å². The lowest BCUT2D eigenvalue weighted by Gasteiger charge is -2.18. The summed E-state index contributed by atoms with van der Waals surface area (Å²) in [4.78, 5) is 29.1. The Morgan fingerprint density at radius 3 is 2.67 bits per heavy atom. The summed E-state index contributed by atoms with van der Waals surface area (Å²) in [5.74, 6) is -0.261. The van der Waals surface area contributed by atoms with E-state index in [4.69, 9.17) is 0 Å². The molecule has 1 aliphatic heterocycles. The lowest BCUT2D eigenvalue weighted by atomic mass is 10.1. The Bertz CT molecular complexity index is 1040. The van der Waals surface area contributed by atoms with Gasteiger partial charge in [-0.15, -0.1) is 0 Å². The van der Waals surface area contributed by atoms with Crippen LogP contribution in [0.1, 0.15) is 15.9 Å². The molecule has 6 nitrogen and oxygen atoms in total. The van der Waals surface area contributed by atoms with Crippen molar-refractivity contribution >= 4 is 33.9 Å². The molecule has 1 aliphatic rings. The SMILES string of the molecule is C=C1c2cc([N+](=O)[O-])ccc2C(=O)N1c1cccc2cccnc12. The molecule has 0 N–H and O–H groups in total. The van der Waals surface area contributed by atoms with Gasteiger partial charge in [-0.1, -0.05) is 24.8 Å². The maximum absolute atomic E-state index is 12.8. The summed E-state index contributed by atoms with van der Waals surface area (Å²) in [6.07, 6.45) is 1.66. The van der Waals surface area contributed by atoms with Crippen LogP contribution in [0.5, 0.6) is 0 Å². The zero-order valence-corrected chi connectivity index (χ0v) is 12.5. The second kappa shape index (κ2) is 4.99. The van der Waals surface area contributed by atoms with E-state index in [-0.39, 0.29) is 11.6 Å². The second-order valence-electron chi connectivity index (χ2n) is 5.43. The van der Waals surface area contributed by atoms with Crippen LogP contribution >= 0.6 is 0 Å². The van der Waals surface area contributed by atoms with E-state index < -0.39 is 4.92 Å². The molecule has 1 aromatic heterocycles. The van der Waals surface area contributed by atoms with Gasteiger partial charge in [0.1, 0.15) is 0 Å². The molecule has 6 heteroatoms. The number of nitro groups is 1. The monoisotopic (exact) mass is 317 g/mol. The molecular weight excluding hydrogens is 306 g/mol. The minimum atomic E-state index is -0.486. The van der Waals surface area contributed by atoms with Crippen LogP contribution in [0.15, 0.2) is 61.3 Å². The number of hydrogen-bond acceptors (Lipinski definition) is 4. The minimum Gasteiger partial charge on any atom is -0.275 e. The Morgan fingerprint density at radius 1 is 1.08 bits per heavy atom. The number of amides is 1. The third kappa shape index (κ3) is 1.90. The van der Waals surface area contributed by atoms with Gasteiger partial charge in [-0.05, 0) is 18.2 Å². The Hall–Kier alpha value is -3.54. The molecule has 2 heterocycles. The van der Waals surface area contributed by atoms with Crippen molar-refractivity contribution in [1.82, 2.24) is 4.98 Å². The van der Waals surface area contributed by atoms with Crippen molar-refractivity contribution in [3.63, 3.8) is 0 Å². The van der Waals surface area contributed by atoms with Crippen LogP contribution in [-0.4, -0.2) is 15.8 Å². The van der Waals surface area contributed by atoms with Crippen molar-refractivity contribution in [2.75, 3.05) is 4.90 Å². The van der Waals surface area contributed by atoms with E-state index in [0.29, 0.717) is 28.0 Å². The zero-order chi connectivity index (χ0) is 16.8. The van der Waals surface area contributed by atoms with E-state index >= 15 is 0 Å². The van der Waals surface area contributed by atoms with Gasteiger partial charge in [0.15, 0.2) is 0 Å². The summed E-state index contributed by atoms with van der Waals surface area (Å²) in [7, 11) is 0. The Morgan fingerprint density at radius 2 is 1.88 bits per heavy atom. The second-order valence-corrected chi connectivity index (χ2v) is 5.43. The van der Waals surface area contributed by atoms with Crippen LogP contribution in [0, 0.1) is 10.1 Å². The summed E-state index contributed by atoms with van der Waals surface area (Å²) in [6.45, 7) is 3.97. The largest absolute Gasteiger partial charge is 0.275 e. The number of para-hydroxylation sites is 1. The highest BCUT2D eigenvalue weighted by Crippen LogP contribution is 2.39. The number of hydrogen-bond donors (Lipinski definition) is 0. The number of nitrogens with zero attached hydrogens (tertiary/aromatic N) is 3. The van der Waals surface area contributed by atoms with Gasteiger partial charge in [0.25, 0.3) is 11.6 Å². The average Bonchev–Trinajstić information content (AvgIpc) is 2.85. The number of aromatic nitrogens is 1. The van der Waals surface area contributed by atoms with Crippen molar-refractivity contribution in [2.24, 2.45) is 0 Å². The molecule has 0 saturated carbocycles. The quantitative estimate of drug-likeness (QED) is 0.532. The molecule has 0 aliphatic carbocycles. The van der Waals surface area contributed by atoms with Crippen LogP contribution < -0.4 is 4.90 Å². The van der Waals surface area contributed by atoms with Crippen molar-refractivity contribution in [1.29, 1.82) is 0 Å². The molecule has 2 aromatic carbocycles. The highest BCUT2D eigenvalue weighted by molar-refractivity contribution is 6.24. The van der Waals surface area contributed by atoms with Crippen LogP contribution in [-0.2, 0) is 0 Å². The first-order valence-corrected chi connectivity index (χ1v) is 7.24. The fourth-order valence-electron chi connectivity index (χ4n) is 2.96. The van der Waals surface area contributed by atoms with E-state index in [1.165, 1.54) is 23.1 Å². The van der Waals surface area contributed by atoms with Gasteiger partial charge in [0, 0.05) is 29.3 Å². The molecule has 1 amide bonds. The van der Waals surface area contributed by atoms with E-state index in [0.717, 1.165) is 5.39 Å². The maximum Gasteiger partial charge on any atom is 0.270 e. The van der Waals surface area contributed by atoms with Gasteiger partial charge in [-0.2, -0.15) is 0 Å². The van der Waals surface area contributed by atoms with Gasteiger partial charge >= 0.3 is 0 Å². The molecular formula is C18H11N3O3. The Labute approximate surface area is 136 Å². The predicted octanol–water partition coefficient (Wildman–Crippen LogP) is 3.77. The Kier molecular flexibility index (Phi) is 2.93. The number of rotatable bonds is 2. The smallest absolute Gasteiger partial charge is 0.270 e. The standard InChI is InChI=1S/C18H11N3O3/c1-11-15-10-13(21(23)24)7-8-14(15)18(22)20(11)16-6-2-4-12-5-3-9-19-17(12)16/h2-10H,1H2. The number of anilines is 1. The third-order valence-electron chi connectivity index (χ3n) is 4.08. The van der Waals surface area contributed by atoms with Crippen molar-refractivity contribution in [3.05, 3.63) is 82.5 Å². The first-order chi connectivity index (χ1) is 11.6. The molecule has 0 bridgehead atoms. The molecule has 0 atom stereocenters. The molecule has 4 rings (SSSR count). The normalized spacial score (nSPS) is 13.4. The molecule has 0 fully saturated rings. The molecule has 0 saturated heterocycles. The van der Waals surface area contributed by atoms with Crippen molar-refractivity contribution < 1.29 is 9.72 Å². The molecule has 0 spiro atoms. The van der Waals surface area contributed by atoms with Crippen LogP contribution in [0.3, 0.4) is 0 Å². The fraction of sp³-hybridized carbons (Fsp3) is 0.